The van der Waals surface area contributed by atoms with Gasteiger partial charge in [0, 0.05) is 6.20 Å². The summed E-state index contributed by atoms with van der Waals surface area (Å²) in [5.41, 5.74) is -0.449. The second-order valence-corrected chi connectivity index (χ2v) is 3.49. The maximum atomic E-state index is 11.2. The Hall–Kier alpha value is -1.25. The highest BCUT2D eigenvalue weighted by molar-refractivity contribution is 5.70. The monoisotopic (exact) mass is 166 g/mol. The van der Waals surface area contributed by atoms with E-state index in [1.807, 2.05) is 20.8 Å². The molecule has 0 saturated heterocycles. The third-order valence-corrected chi connectivity index (χ3v) is 1.14. The van der Waals surface area contributed by atoms with E-state index in [0.717, 1.165) is 0 Å². The smallest absolute Gasteiger partial charge is 0.419 e. The van der Waals surface area contributed by atoms with E-state index in [-0.39, 0.29) is 0 Å². The highest BCUT2D eigenvalue weighted by Crippen LogP contribution is 2.08. The maximum Gasteiger partial charge on any atom is 0.419 e. The molecule has 0 aromatic carbocycles. The zero-order chi connectivity index (χ0) is 9.19. The van der Waals surface area contributed by atoms with Gasteiger partial charge in [0.1, 0.15) is 5.60 Å². The van der Waals surface area contributed by atoms with Crippen LogP contribution in [-0.4, -0.2) is 16.3 Å². The molecule has 0 amide bonds. The largest absolute Gasteiger partial charge is 0.443 e. The number of carbonyl (C=O) groups excluding carboxylic acids is 1. The summed E-state index contributed by atoms with van der Waals surface area (Å²) in [5, 5.41) is 0. The van der Waals surface area contributed by atoms with E-state index >= 15 is 0 Å². The number of ether oxygens (including phenoxy) is 1. The molecule has 12 heavy (non-hydrogen) atoms. The fourth-order valence-electron chi connectivity index (χ4n) is 0.720. The molecular formula is C9H12NO2. The van der Waals surface area contributed by atoms with Crippen LogP contribution in [-0.2, 0) is 4.74 Å². The minimum Gasteiger partial charge on any atom is -0.443 e. The number of hydrogen-bond acceptors (Lipinski definition) is 2. The Morgan fingerprint density at radius 1 is 1.50 bits per heavy atom. The van der Waals surface area contributed by atoms with E-state index in [2.05, 4.69) is 6.20 Å². The van der Waals surface area contributed by atoms with Crippen molar-refractivity contribution in [2.45, 2.75) is 26.4 Å². The van der Waals surface area contributed by atoms with Gasteiger partial charge in [-0.25, -0.2) is 4.79 Å². The minimum atomic E-state index is -0.449. The van der Waals surface area contributed by atoms with Crippen molar-refractivity contribution < 1.29 is 9.53 Å². The molecule has 0 unspecified atom stereocenters. The van der Waals surface area contributed by atoms with Gasteiger partial charge in [-0.3, -0.25) is 4.57 Å². The average Bonchev–Trinajstić information content (AvgIpc) is 2.32. The van der Waals surface area contributed by atoms with Crippen LogP contribution in [0.3, 0.4) is 0 Å². The number of nitrogens with zero attached hydrogens (tertiary/aromatic N) is 1. The van der Waals surface area contributed by atoms with Crippen LogP contribution in [0.5, 0.6) is 0 Å². The zero-order valence-electron chi connectivity index (χ0n) is 7.50. The van der Waals surface area contributed by atoms with Gasteiger partial charge in [-0.15, -0.1) is 0 Å². The van der Waals surface area contributed by atoms with Crippen LogP contribution in [0.4, 0.5) is 4.79 Å². The van der Waals surface area contributed by atoms with Crippen LogP contribution >= 0.6 is 0 Å². The zero-order valence-corrected chi connectivity index (χ0v) is 7.50. The summed E-state index contributed by atoms with van der Waals surface area (Å²) in [6, 6.07) is 3.38. The molecule has 0 atom stereocenters. The van der Waals surface area contributed by atoms with Gasteiger partial charge >= 0.3 is 6.09 Å². The normalized spacial score (nSPS) is 11.2. The molecule has 1 radical (unpaired) electrons. The minimum absolute atomic E-state index is 0.396. The van der Waals surface area contributed by atoms with E-state index in [1.165, 1.54) is 4.57 Å². The molecule has 1 heterocycles. The standard InChI is InChI=1S/C9H12NO2/c1-9(2,3)12-8(11)10-6-4-5-7-10/h4-6H,1-3H3. The highest BCUT2D eigenvalue weighted by atomic mass is 16.6. The average molecular weight is 166 g/mol. The first-order chi connectivity index (χ1) is 5.49. The van der Waals surface area contributed by atoms with Crippen molar-refractivity contribution in [3.63, 3.8) is 0 Å². The van der Waals surface area contributed by atoms with Crippen molar-refractivity contribution >= 4 is 6.09 Å². The summed E-state index contributed by atoms with van der Waals surface area (Å²) in [7, 11) is 0. The lowest BCUT2D eigenvalue weighted by atomic mass is 10.2. The van der Waals surface area contributed by atoms with Crippen LogP contribution in [0.25, 0.3) is 0 Å². The second kappa shape index (κ2) is 3.01. The number of hydrogen-bond donors (Lipinski definition) is 0. The lowest BCUT2D eigenvalue weighted by Gasteiger charge is -2.19. The summed E-state index contributed by atoms with van der Waals surface area (Å²) < 4.78 is 6.36. The molecule has 1 rings (SSSR count). The molecule has 0 N–H and O–H groups in total. The van der Waals surface area contributed by atoms with Gasteiger partial charge in [0.05, 0.1) is 6.20 Å². The van der Waals surface area contributed by atoms with Crippen molar-refractivity contribution in [2.24, 2.45) is 0 Å². The second-order valence-electron chi connectivity index (χ2n) is 3.49. The lowest BCUT2D eigenvalue weighted by molar-refractivity contribution is 0.0536. The van der Waals surface area contributed by atoms with E-state index in [0.29, 0.717) is 0 Å². The molecule has 1 aromatic heterocycles. The Labute approximate surface area is 72.0 Å². The van der Waals surface area contributed by atoms with E-state index in [4.69, 9.17) is 4.74 Å². The number of carbonyl (C=O) groups is 1. The summed E-state index contributed by atoms with van der Waals surface area (Å²) in [6.07, 6.45) is 3.91. The van der Waals surface area contributed by atoms with Gasteiger partial charge < -0.3 is 4.74 Å². The molecule has 0 saturated carbocycles. The first-order valence-corrected chi connectivity index (χ1v) is 3.77. The van der Waals surface area contributed by atoms with Gasteiger partial charge in [0.15, 0.2) is 0 Å². The molecule has 0 fully saturated rings. The van der Waals surface area contributed by atoms with Crippen molar-refractivity contribution in [3.8, 4) is 0 Å². The van der Waals surface area contributed by atoms with Crippen molar-refractivity contribution in [3.05, 3.63) is 24.5 Å². The lowest BCUT2D eigenvalue weighted by Crippen LogP contribution is -2.26. The highest BCUT2D eigenvalue weighted by Gasteiger charge is 2.16. The fourth-order valence-corrected chi connectivity index (χ4v) is 0.720. The van der Waals surface area contributed by atoms with Gasteiger partial charge in [0.2, 0.25) is 0 Å². The predicted octanol–water partition coefficient (Wildman–Crippen LogP) is 2.07. The van der Waals surface area contributed by atoms with Crippen molar-refractivity contribution in [2.75, 3.05) is 0 Å². The van der Waals surface area contributed by atoms with Gasteiger partial charge in [-0.05, 0) is 32.9 Å². The Bertz CT molecular complexity index is 257. The van der Waals surface area contributed by atoms with E-state index in [1.54, 1.807) is 18.3 Å². The molecule has 0 spiro atoms. The third-order valence-electron chi connectivity index (χ3n) is 1.14. The van der Waals surface area contributed by atoms with Crippen LogP contribution in [0.1, 0.15) is 20.8 Å². The van der Waals surface area contributed by atoms with E-state index < -0.39 is 11.7 Å². The molecule has 0 aliphatic carbocycles. The van der Waals surface area contributed by atoms with Gasteiger partial charge in [-0.2, -0.15) is 0 Å². The third kappa shape index (κ3) is 2.42. The molecule has 0 bridgehead atoms. The molecule has 3 nitrogen and oxygen atoms in total. The van der Waals surface area contributed by atoms with Crippen molar-refractivity contribution in [1.82, 2.24) is 4.57 Å². The quantitative estimate of drug-likeness (QED) is 0.590. The summed E-state index contributed by atoms with van der Waals surface area (Å²) in [4.78, 5) is 11.2. The predicted molar refractivity (Wildman–Crippen MR) is 44.9 cm³/mol. The van der Waals surface area contributed by atoms with Crippen LogP contribution in [0.2, 0.25) is 0 Å². The molecule has 3 heteroatoms. The number of aromatic nitrogens is 1. The Morgan fingerprint density at radius 3 is 2.58 bits per heavy atom. The van der Waals surface area contributed by atoms with Crippen LogP contribution in [0.15, 0.2) is 18.3 Å². The topological polar surface area (TPSA) is 31.2 Å². The van der Waals surface area contributed by atoms with Gasteiger partial charge in [0.25, 0.3) is 0 Å². The Balaban J connectivity index is 2.63. The van der Waals surface area contributed by atoms with Crippen LogP contribution < -0.4 is 0 Å². The fraction of sp³-hybridized carbons (Fsp3) is 0.444. The molecule has 65 valence electrons. The molecular weight excluding hydrogens is 154 g/mol. The number of rotatable bonds is 0. The summed E-state index contributed by atoms with van der Waals surface area (Å²) in [6.45, 7) is 5.48. The van der Waals surface area contributed by atoms with Gasteiger partial charge in [-0.1, -0.05) is 0 Å². The molecule has 1 aromatic rings. The summed E-state index contributed by atoms with van der Waals surface area (Å²) >= 11 is 0. The Kier molecular flexibility index (Phi) is 2.22. The van der Waals surface area contributed by atoms with Crippen molar-refractivity contribution in [1.29, 1.82) is 0 Å². The SMILES string of the molecule is CC(C)(C)OC(=O)n1[c]ccc1. The molecule has 0 aliphatic heterocycles. The Morgan fingerprint density at radius 2 is 2.17 bits per heavy atom. The van der Waals surface area contributed by atoms with Crippen LogP contribution in [0, 0.1) is 6.20 Å². The first-order valence-electron chi connectivity index (χ1n) is 3.77. The summed E-state index contributed by atoms with van der Waals surface area (Å²) in [5.74, 6) is 0. The maximum absolute atomic E-state index is 11.2. The van der Waals surface area contributed by atoms with E-state index in [9.17, 15) is 4.79 Å². The first kappa shape index (κ1) is 8.84. The molecule has 0 aliphatic rings.